The van der Waals surface area contributed by atoms with Crippen molar-refractivity contribution in [2.24, 2.45) is 0 Å². The van der Waals surface area contributed by atoms with Crippen molar-refractivity contribution >= 4 is 28.6 Å². The second kappa shape index (κ2) is 5.10. The molecule has 0 aliphatic heterocycles. The van der Waals surface area contributed by atoms with Gasteiger partial charge >= 0.3 is 0 Å². The van der Waals surface area contributed by atoms with Gasteiger partial charge in [0.15, 0.2) is 0 Å². The van der Waals surface area contributed by atoms with Gasteiger partial charge in [-0.2, -0.15) is 0 Å². The number of benzene rings is 1. The van der Waals surface area contributed by atoms with Gasteiger partial charge in [0.2, 0.25) is 0 Å². The number of nitrogens with one attached hydrogen (secondary N) is 1. The summed E-state index contributed by atoms with van der Waals surface area (Å²) in [7, 11) is 0. The maximum Gasteiger partial charge on any atom is 0.253 e. The largest absolute Gasteiger partial charge is 0.399 e. The van der Waals surface area contributed by atoms with Gasteiger partial charge in [0.25, 0.3) is 5.91 Å². The van der Waals surface area contributed by atoms with E-state index in [4.69, 9.17) is 11.5 Å². The van der Waals surface area contributed by atoms with Crippen LogP contribution in [0.3, 0.4) is 0 Å². The van der Waals surface area contributed by atoms with Gasteiger partial charge < -0.3 is 16.8 Å². The summed E-state index contributed by atoms with van der Waals surface area (Å²) in [5.41, 5.74) is 13.9. The average molecular weight is 261 g/mol. The summed E-state index contributed by atoms with van der Waals surface area (Å²) in [6.45, 7) is 2.54. The zero-order valence-electron chi connectivity index (χ0n) is 10.1. The highest BCUT2D eigenvalue weighted by Gasteiger charge is 2.10. The lowest BCUT2D eigenvalue weighted by atomic mass is 10.1. The van der Waals surface area contributed by atoms with Crippen LogP contribution in [0.4, 0.5) is 11.4 Å². The molecule has 0 atom stereocenters. The number of amides is 1. The maximum atomic E-state index is 12.0. The van der Waals surface area contributed by atoms with E-state index in [0.29, 0.717) is 23.5 Å². The fourth-order valence-electron chi connectivity index (χ4n) is 1.63. The molecular formula is C13H15N3OS. The Balaban J connectivity index is 2.06. The van der Waals surface area contributed by atoms with Gasteiger partial charge in [-0.1, -0.05) is 0 Å². The van der Waals surface area contributed by atoms with E-state index in [0.717, 1.165) is 4.88 Å². The monoisotopic (exact) mass is 261 g/mol. The number of carbonyl (C=O) groups excluding carboxylic acids is 1. The van der Waals surface area contributed by atoms with Crippen molar-refractivity contribution in [1.82, 2.24) is 5.32 Å². The third kappa shape index (κ3) is 2.62. The highest BCUT2D eigenvalue weighted by Crippen LogP contribution is 2.17. The number of nitrogens with two attached hydrogens (primary N) is 2. The highest BCUT2D eigenvalue weighted by atomic mass is 32.1. The third-order valence-corrected chi connectivity index (χ3v) is 3.72. The fourth-order valence-corrected chi connectivity index (χ4v) is 2.47. The lowest BCUT2D eigenvalue weighted by Gasteiger charge is -2.07. The van der Waals surface area contributed by atoms with Crippen LogP contribution >= 0.6 is 11.3 Å². The first-order valence-corrected chi connectivity index (χ1v) is 6.42. The first kappa shape index (κ1) is 12.4. The van der Waals surface area contributed by atoms with Crippen molar-refractivity contribution in [3.8, 4) is 0 Å². The molecule has 0 fully saturated rings. The minimum Gasteiger partial charge on any atom is -0.399 e. The molecule has 0 bridgehead atoms. The summed E-state index contributed by atoms with van der Waals surface area (Å²) in [4.78, 5) is 13.1. The predicted octanol–water partition coefficient (Wildman–Crippen LogP) is 2.15. The number of thiophene rings is 1. The lowest BCUT2D eigenvalue weighted by Crippen LogP contribution is -2.23. The summed E-state index contributed by atoms with van der Waals surface area (Å²) in [5, 5.41) is 4.86. The first-order valence-electron chi connectivity index (χ1n) is 5.54. The molecule has 1 aromatic carbocycles. The van der Waals surface area contributed by atoms with Crippen molar-refractivity contribution in [2.45, 2.75) is 13.5 Å². The van der Waals surface area contributed by atoms with E-state index in [1.54, 1.807) is 29.5 Å². The van der Waals surface area contributed by atoms with Crippen molar-refractivity contribution in [1.29, 1.82) is 0 Å². The van der Waals surface area contributed by atoms with Gasteiger partial charge in [0.05, 0.1) is 12.1 Å². The summed E-state index contributed by atoms with van der Waals surface area (Å²) in [6.07, 6.45) is 0. The molecule has 5 heteroatoms. The van der Waals surface area contributed by atoms with Crippen LogP contribution in [0.5, 0.6) is 0 Å². The van der Waals surface area contributed by atoms with Gasteiger partial charge in [-0.25, -0.2) is 0 Å². The minimum absolute atomic E-state index is 0.180. The number of hydrogen-bond donors (Lipinski definition) is 3. The van der Waals surface area contributed by atoms with Crippen LogP contribution in [0.25, 0.3) is 0 Å². The highest BCUT2D eigenvalue weighted by molar-refractivity contribution is 7.10. The first-order chi connectivity index (χ1) is 8.58. The van der Waals surface area contributed by atoms with E-state index in [9.17, 15) is 4.79 Å². The molecule has 0 aliphatic carbocycles. The second-order valence-electron chi connectivity index (χ2n) is 4.06. The van der Waals surface area contributed by atoms with Crippen LogP contribution in [0.15, 0.2) is 29.6 Å². The number of rotatable bonds is 3. The van der Waals surface area contributed by atoms with Crippen LogP contribution in [0, 0.1) is 6.92 Å². The second-order valence-corrected chi connectivity index (χ2v) is 5.06. The van der Waals surface area contributed by atoms with E-state index in [1.807, 2.05) is 18.4 Å². The molecule has 0 unspecified atom stereocenters. The van der Waals surface area contributed by atoms with Gasteiger partial charge in [-0.3, -0.25) is 4.79 Å². The zero-order chi connectivity index (χ0) is 13.1. The quantitative estimate of drug-likeness (QED) is 0.740. The molecule has 0 saturated carbocycles. The molecule has 0 aliphatic rings. The van der Waals surface area contributed by atoms with Crippen LogP contribution in [-0.2, 0) is 6.54 Å². The Labute approximate surface area is 110 Å². The number of aryl methyl sites for hydroxylation is 1. The topological polar surface area (TPSA) is 81.1 Å². The minimum atomic E-state index is -0.180. The number of nitrogen functional groups attached to an aromatic ring is 2. The van der Waals surface area contributed by atoms with E-state index in [-0.39, 0.29) is 5.91 Å². The van der Waals surface area contributed by atoms with Gasteiger partial charge in [-0.05, 0) is 42.1 Å². The van der Waals surface area contributed by atoms with Crippen LogP contribution < -0.4 is 16.8 Å². The van der Waals surface area contributed by atoms with Gasteiger partial charge in [0, 0.05) is 16.3 Å². The Morgan fingerprint density at radius 1 is 1.33 bits per heavy atom. The molecule has 1 aromatic heterocycles. The fraction of sp³-hybridized carbons (Fsp3) is 0.154. The van der Waals surface area contributed by atoms with Crippen molar-refractivity contribution in [3.05, 3.63) is 45.6 Å². The SMILES string of the molecule is Cc1ccsc1CNC(=O)c1ccc(N)cc1N. The van der Waals surface area contributed by atoms with Crippen molar-refractivity contribution in [3.63, 3.8) is 0 Å². The number of anilines is 2. The molecule has 5 N–H and O–H groups in total. The van der Waals surface area contributed by atoms with Crippen LogP contribution in [0.1, 0.15) is 20.8 Å². The Kier molecular flexibility index (Phi) is 3.53. The molecule has 18 heavy (non-hydrogen) atoms. The molecule has 94 valence electrons. The summed E-state index contributed by atoms with van der Waals surface area (Å²) >= 11 is 1.63. The average Bonchev–Trinajstić information content (AvgIpc) is 2.72. The number of carbonyl (C=O) groups is 1. The zero-order valence-corrected chi connectivity index (χ0v) is 10.9. The molecule has 4 nitrogen and oxygen atoms in total. The van der Waals surface area contributed by atoms with E-state index >= 15 is 0 Å². The van der Waals surface area contributed by atoms with E-state index in [1.165, 1.54) is 5.56 Å². The molecule has 1 amide bonds. The molecule has 0 radical (unpaired) electrons. The molecule has 0 spiro atoms. The third-order valence-electron chi connectivity index (χ3n) is 2.70. The molecular weight excluding hydrogens is 246 g/mol. The van der Waals surface area contributed by atoms with Crippen LogP contribution in [0.2, 0.25) is 0 Å². The Bertz CT molecular complexity index is 577. The van der Waals surface area contributed by atoms with E-state index in [2.05, 4.69) is 5.32 Å². The summed E-state index contributed by atoms with van der Waals surface area (Å²) in [6, 6.07) is 6.93. The molecule has 2 aromatic rings. The van der Waals surface area contributed by atoms with Crippen molar-refractivity contribution in [2.75, 3.05) is 11.5 Å². The lowest BCUT2D eigenvalue weighted by molar-refractivity contribution is 0.0952. The Morgan fingerprint density at radius 3 is 2.72 bits per heavy atom. The Morgan fingerprint density at radius 2 is 2.11 bits per heavy atom. The standard InChI is InChI=1S/C13H15N3OS/c1-8-4-5-18-12(8)7-16-13(17)10-3-2-9(14)6-11(10)15/h2-6H,7,14-15H2,1H3,(H,16,17). The Hall–Kier alpha value is -2.01. The van der Waals surface area contributed by atoms with Gasteiger partial charge in [0.1, 0.15) is 0 Å². The van der Waals surface area contributed by atoms with E-state index < -0.39 is 0 Å². The molecule has 2 rings (SSSR count). The van der Waals surface area contributed by atoms with Crippen LogP contribution in [-0.4, -0.2) is 5.91 Å². The smallest absolute Gasteiger partial charge is 0.253 e. The molecule has 0 saturated heterocycles. The van der Waals surface area contributed by atoms with Crippen molar-refractivity contribution < 1.29 is 4.79 Å². The summed E-state index contributed by atoms with van der Waals surface area (Å²) < 4.78 is 0. The normalized spacial score (nSPS) is 10.3. The number of hydrogen-bond acceptors (Lipinski definition) is 4. The van der Waals surface area contributed by atoms with Gasteiger partial charge in [-0.15, -0.1) is 11.3 Å². The predicted molar refractivity (Wildman–Crippen MR) is 75.5 cm³/mol. The maximum absolute atomic E-state index is 12.0. The molecule has 1 heterocycles. The summed E-state index contributed by atoms with van der Waals surface area (Å²) in [5.74, 6) is -0.180.